The fraction of sp³-hybridized carbons (Fsp3) is 0.0526. The monoisotopic (exact) mass is 335 g/mol. The first kappa shape index (κ1) is 14.9. The number of hydrogen-bond donors (Lipinski definition) is 1. The van der Waals surface area contributed by atoms with E-state index in [1.54, 1.807) is 18.3 Å². The zero-order valence-electron chi connectivity index (χ0n) is 12.7. The van der Waals surface area contributed by atoms with Crippen LogP contribution in [0.15, 0.2) is 65.8 Å². The lowest BCUT2D eigenvalue weighted by Gasteiger charge is -2.13. The van der Waals surface area contributed by atoms with Gasteiger partial charge < -0.3 is 10.5 Å². The van der Waals surface area contributed by atoms with Crippen molar-refractivity contribution in [2.75, 3.05) is 0 Å². The van der Waals surface area contributed by atoms with Crippen LogP contribution in [-0.2, 0) is 6.54 Å². The second kappa shape index (κ2) is 6.07. The second-order valence-electron chi connectivity index (χ2n) is 5.39. The summed E-state index contributed by atoms with van der Waals surface area (Å²) in [4.78, 5) is 9.20. The Hall–Kier alpha value is -2.69. The summed E-state index contributed by atoms with van der Waals surface area (Å²) in [6.07, 6.45) is 1.73. The molecule has 1 aliphatic rings. The first-order chi connectivity index (χ1) is 11.8. The lowest BCUT2D eigenvalue weighted by molar-refractivity contribution is 0.510. The molecule has 0 radical (unpaired) electrons. The Kier molecular flexibility index (Phi) is 3.76. The topological polar surface area (TPSA) is 60.5 Å². The van der Waals surface area contributed by atoms with Gasteiger partial charge in [0.1, 0.15) is 11.4 Å². The highest BCUT2D eigenvalue weighted by Crippen LogP contribution is 2.33. The third kappa shape index (κ3) is 2.56. The number of benzene rings is 2. The van der Waals surface area contributed by atoms with E-state index in [-0.39, 0.29) is 0 Å². The highest BCUT2D eigenvalue weighted by Gasteiger charge is 2.17. The number of fused-ring (bicyclic) bond motifs is 2. The van der Waals surface area contributed by atoms with E-state index in [9.17, 15) is 0 Å². The number of halogens is 1. The van der Waals surface area contributed by atoms with Crippen LogP contribution >= 0.6 is 11.6 Å². The summed E-state index contributed by atoms with van der Waals surface area (Å²) in [6.45, 7) is 0.373. The van der Waals surface area contributed by atoms with E-state index in [1.165, 1.54) is 0 Å². The Morgan fingerprint density at radius 3 is 2.79 bits per heavy atom. The average Bonchev–Trinajstić information content (AvgIpc) is 2.78. The van der Waals surface area contributed by atoms with E-state index in [4.69, 9.17) is 27.1 Å². The molecule has 2 aromatic carbocycles. The molecule has 4 rings (SSSR count). The van der Waals surface area contributed by atoms with E-state index < -0.39 is 0 Å². The maximum absolute atomic E-state index is 6.21. The van der Waals surface area contributed by atoms with Crippen molar-refractivity contribution in [1.82, 2.24) is 4.98 Å². The number of aromatic nitrogens is 1. The quantitative estimate of drug-likeness (QED) is 0.783. The Morgan fingerprint density at radius 2 is 1.92 bits per heavy atom. The van der Waals surface area contributed by atoms with Crippen molar-refractivity contribution in [3.8, 4) is 5.75 Å². The lowest BCUT2D eigenvalue weighted by atomic mass is 10.1. The van der Waals surface area contributed by atoms with Crippen LogP contribution in [-0.4, -0.2) is 4.98 Å². The van der Waals surface area contributed by atoms with Crippen molar-refractivity contribution >= 4 is 23.0 Å². The Bertz CT molecular complexity index is 1050. The summed E-state index contributed by atoms with van der Waals surface area (Å²) in [7, 11) is 0. The molecular formula is C19H14ClN3O. The third-order valence-corrected chi connectivity index (χ3v) is 4.08. The molecule has 0 aliphatic carbocycles. The minimum absolute atomic E-state index is 0.373. The largest absolute Gasteiger partial charge is 0.452 e. The van der Waals surface area contributed by atoms with E-state index in [0.717, 1.165) is 27.5 Å². The summed E-state index contributed by atoms with van der Waals surface area (Å²) in [5.74, 6) is 1.23. The molecule has 0 bridgehead atoms. The fourth-order valence-corrected chi connectivity index (χ4v) is 2.87. The van der Waals surface area contributed by atoms with Crippen LogP contribution in [0.4, 0.5) is 5.69 Å². The van der Waals surface area contributed by atoms with E-state index in [0.29, 0.717) is 23.1 Å². The number of hydrogen-bond acceptors (Lipinski definition) is 4. The summed E-state index contributed by atoms with van der Waals surface area (Å²) >= 11 is 6.13. The first-order valence-corrected chi connectivity index (χ1v) is 7.94. The van der Waals surface area contributed by atoms with Crippen LogP contribution < -0.4 is 21.0 Å². The number of ether oxygens (including phenoxy) is 1. The van der Waals surface area contributed by atoms with Gasteiger partial charge in [-0.05, 0) is 35.9 Å². The van der Waals surface area contributed by atoms with E-state index in [2.05, 4.69) is 4.98 Å². The lowest BCUT2D eigenvalue weighted by Crippen LogP contribution is -2.28. The van der Waals surface area contributed by atoms with Gasteiger partial charge in [-0.15, -0.1) is 0 Å². The Balaban J connectivity index is 2.07. The predicted molar refractivity (Wildman–Crippen MR) is 93.6 cm³/mol. The Labute approximate surface area is 143 Å². The number of nitrogens with two attached hydrogens (primary N) is 1. The highest BCUT2D eigenvalue weighted by molar-refractivity contribution is 6.30. The van der Waals surface area contributed by atoms with E-state index >= 15 is 0 Å². The van der Waals surface area contributed by atoms with Crippen LogP contribution in [0.2, 0.25) is 5.02 Å². The maximum Gasteiger partial charge on any atom is 0.162 e. The van der Waals surface area contributed by atoms with Gasteiger partial charge in [0.2, 0.25) is 0 Å². The third-order valence-electron chi connectivity index (χ3n) is 3.85. The van der Waals surface area contributed by atoms with Crippen LogP contribution in [0.1, 0.15) is 11.3 Å². The predicted octanol–water partition coefficient (Wildman–Crippen LogP) is 2.69. The number of pyridine rings is 1. The molecule has 0 atom stereocenters. The van der Waals surface area contributed by atoms with Gasteiger partial charge in [0.05, 0.1) is 5.36 Å². The van der Waals surface area contributed by atoms with Crippen molar-refractivity contribution in [3.63, 3.8) is 0 Å². The van der Waals surface area contributed by atoms with Gasteiger partial charge in [-0.25, -0.2) is 4.99 Å². The van der Waals surface area contributed by atoms with Crippen molar-refractivity contribution in [1.29, 1.82) is 0 Å². The van der Waals surface area contributed by atoms with Crippen molar-refractivity contribution < 1.29 is 4.74 Å². The molecule has 0 fully saturated rings. The number of para-hydroxylation sites is 1. The molecule has 0 saturated carbocycles. The standard InChI is InChI=1S/C19H14ClN3O/c20-13-7-8-16-17(10-13)24-19(14-5-1-2-6-15(14)23-16)18-12(11-21)4-3-9-22-18/h1-10H,11,21H2. The molecule has 0 amide bonds. The molecule has 5 heteroatoms. The summed E-state index contributed by atoms with van der Waals surface area (Å²) < 4.78 is 6.21. The molecule has 1 aromatic heterocycles. The number of rotatable bonds is 2. The van der Waals surface area contributed by atoms with Gasteiger partial charge in [0.25, 0.3) is 0 Å². The van der Waals surface area contributed by atoms with Crippen molar-refractivity contribution in [2.24, 2.45) is 10.7 Å². The fourth-order valence-electron chi connectivity index (χ4n) is 2.70. The molecule has 4 nitrogen and oxygen atoms in total. The normalized spacial score (nSPS) is 12.5. The van der Waals surface area contributed by atoms with Crippen molar-refractivity contribution in [2.45, 2.75) is 6.54 Å². The SMILES string of the molecule is NCc1cccnc1C1=c2ccccc2=Nc2ccc(Cl)cc2O1. The zero-order valence-corrected chi connectivity index (χ0v) is 13.5. The molecular weight excluding hydrogens is 322 g/mol. The molecule has 24 heavy (non-hydrogen) atoms. The van der Waals surface area contributed by atoms with Gasteiger partial charge in [0, 0.05) is 29.0 Å². The second-order valence-corrected chi connectivity index (χ2v) is 5.82. The molecule has 2 heterocycles. The minimum Gasteiger partial charge on any atom is -0.452 e. The molecule has 0 saturated heterocycles. The van der Waals surface area contributed by atoms with E-state index in [1.807, 2.05) is 42.5 Å². The van der Waals surface area contributed by atoms with Gasteiger partial charge in [-0.1, -0.05) is 29.8 Å². The summed E-state index contributed by atoms with van der Waals surface area (Å²) in [5.41, 5.74) is 8.24. The summed E-state index contributed by atoms with van der Waals surface area (Å²) in [5, 5.41) is 2.29. The minimum atomic E-state index is 0.373. The van der Waals surface area contributed by atoms with Crippen LogP contribution in [0.3, 0.4) is 0 Å². The van der Waals surface area contributed by atoms with Gasteiger partial charge in [0.15, 0.2) is 11.5 Å². The van der Waals surface area contributed by atoms with Gasteiger partial charge >= 0.3 is 0 Å². The van der Waals surface area contributed by atoms with Crippen LogP contribution in [0, 0.1) is 0 Å². The molecule has 0 unspecified atom stereocenters. The van der Waals surface area contributed by atoms with Crippen LogP contribution in [0.5, 0.6) is 5.75 Å². The smallest absolute Gasteiger partial charge is 0.162 e. The van der Waals surface area contributed by atoms with Crippen molar-refractivity contribution in [3.05, 3.63) is 87.7 Å². The molecule has 1 aliphatic heterocycles. The molecule has 2 N–H and O–H groups in total. The first-order valence-electron chi connectivity index (χ1n) is 7.56. The molecule has 0 spiro atoms. The summed E-state index contributed by atoms with van der Waals surface area (Å²) in [6, 6.07) is 17.0. The van der Waals surface area contributed by atoms with Gasteiger partial charge in [-0.3, -0.25) is 4.98 Å². The molecule has 3 aromatic rings. The average molecular weight is 336 g/mol. The van der Waals surface area contributed by atoms with Crippen LogP contribution in [0.25, 0.3) is 5.76 Å². The Morgan fingerprint density at radius 1 is 1.04 bits per heavy atom. The highest BCUT2D eigenvalue weighted by atomic mass is 35.5. The maximum atomic E-state index is 6.21. The number of nitrogens with zero attached hydrogens (tertiary/aromatic N) is 2. The zero-order chi connectivity index (χ0) is 16.5. The molecule has 118 valence electrons. The van der Waals surface area contributed by atoms with Gasteiger partial charge in [-0.2, -0.15) is 0 Å².